The van der Waals surface area contributed by atoms with E-state index in [1.807, 2.05) is 19.2 Å². The Morgan fingerprint density at radius 2 is 1.88 bits per heavy atom. The van der Waals surface area contributed by atoms with E-state index >= 15 is 0 Å². The van der Waals surface area contributed by atoms with Crippen molar-refractivity contribution in [2.75, 3.05) is 19.5 Å². The summed E-state index contributed by atoms with van der Waals surface area (Å²) in [5.41, 5.74) is 1.83. The molecule has 1 aromatic heterocycles. The average Bonchev–Trinajstić information content (AvgIpc) is 2.67. The smallest absolute Gasteiger partial charge is 0.146 e. The molecule has 0 saturated carbocycles. The highest BCUT2D eigenvalue weighted by molar-refractivity contribution is 9.09. The van der Waals surface area contributed by atoms with Crippen LogP contribution >= 0.6 is 15.9 Å². The van der Waals surface area contributed by atoms with E-state index in [1.54, 1.807) is 14.2 Å². The van der Waals surface area contributed by atoms with E-state index in [0.29, 0.717) is 0 Å². The molecule has 0 aliphatic carbocycles. The minimum absolute atomic E-state index is 0.775. The number of benzene rings is 1. The number of alkyl halides is 1. The highest BCUT2D eigenvalue weighted by atomic mass is 79.9. The number of methoxy groups -OCH3 is 2. The topological polar surface area (TPSA) is 36.3 Å². The van der Waals surface area contributed by atoms with Gasteiger partial charge in [-0.25, -0.2) is 4.98 Å². The van der Waals surface area contributed by atoms with Gasteiger partial charge in [0.25, 0.3) is 0 Å². The SMILES string of the molecule is COc1ccc(OC)c2c1nc(CCBr)n2C. The Balaban J connectivity index is 2.73. The molecule has 17 heavy (non-hydrogen) atoms. The van der Waals surface area contributed by atoms with Gasteiger partial charge in [-0.3, -0.25) is 0 Å². The maximum atomic E-state index is 5.37. The predicted molar refractivity (Wildman–Crippen MR) is 71.3 cm³/mol. The molecule has 92 valence electrons. The number of rotatable bonds is 4. The Morgan fingerprint density at radius 3 is 2.47 bits per heavy atom. The van der Waals surface area contributed by atoms with Crippen molar-refractivity contribution in [1.29, 1.82) is 0 Å². The summed E-state index contributed by atoms with van der Waals surface area (Å²) in [6.07, 6.45) is 0.873. The first kappa shape index (κ1) is 12.2. The molecule has 0 atom stereocenters. The predicted octanol–water partition coefficient (Wildman–Crippen LogP) is 2.53. The molecule has 4 nitrogen and oxygen atoms in total. The average molecular weight is 299 g/mol. The van der Waals surface area contributed by atoms with Crippen molar-refractivity contribution in [2.45, 2.75) is 6.42 Å². The van der Waals surface area contributed by atoms with E-state index < -0.39 is 0 Å². The Bertz CT molecular complexity index is 537. The van der Waals surface area contributed by atoms with Crippen LogP contribution in [0.2, 0.25) is 0 Å². The van der Waals surface area contributed by atoms with Crippen molar-refractivity contribution < 1.29 is 9.47 Å². The zero-order valence-electron chi connectivity index (χ0n) is 10.2. The lowest BCUT2D eigenvalue weighted by atomic mass is 10.2. The van der Waals surface area contributed by atoms with Gasteiger partial charge in [-0.2, -0.15) is 0 Å². The first-order valence-electron chi connectivity index (χ1n) is 5.35. The molecular formula is C12H15BrN2O2. The standard InChI is InChI=1S/C12H15BrN2O2/c1-15-10(6-7-13)14-11-8(16-2)4-5-9(17-3)12(11)15/h4-5H,6-7H2,1-3H3. The molecule has 0 fully saturated rings. The molecular weight excluding hydrogens is 284 g/mol. The third-order valence-corrected chi connectivity index (χ3v) is 3.20. The van der Waals surface area contributed by atoms with Crippen LogP contribution < -0.4 is 9.47 Å². The maximum Gasteiger partial charge on any atom is 0.146 e. The van der Waals surface area contributed by atoms with Crippen molar-refractivity contribution in [3.63, 3.8) is 0 Å². The zero-order valence-corrected chi connectivity index (χ0v) is 11.7. The summed E-state index contributed by atoms with van der Waals surface area (Å²) < 4.78 is 12.8. The van der Waals surface area contributed by atoms with Gasteiger partial charge in [-0.05, 0) is 12.1 Å². The van der Waals surface area contributed by atoms with Crippen molar-refractivity contribution in [3.8, 4) is 11.5 Å². The summed E-state index contributed by atoms with van der Waals surface area (Å²) in [4.78, 5) is 4.61. The lowest BCUT2D eigenvalue weighted by molar-refractivity contribution is 0.409. The number of fused-ring (bicyclic) bond motifs is 1. The molecule has 2 aromatic rings. The van der Waals surface area contributed by atoms with E-state index in [0.717, 1.165) is 40.1 Å². The molecule has 0 aliphatic rings. The van der Waals surface area contributed by atoms with Crippen LogP contribution in [0, 0.1) is 0 Å². The van der Waals surface area contributed by atoms with Gasteiger partial charge in [-0.1, -0.05) is 15.9 Å². The Labute approximate surface area is 109 Å². The second kappa shape index (κ2) is 4.96. The largest absolute Gasteiger partial charge is 0.494 e. The fourth-order valence-corrected chi connectivity index (χ4v) is 2.30. The van der Waals surface area contributed by atoms with Crippen LogP contribution in [0.25, 0.3) is 11.0 Å². The molecule has 0 spiro atoms. The van der Waals surface area contributed by atoms with E-state index in [4.69, 9.17) is 9.47 Å². The highest BCUT2D eigenvalue weighted by Gasteiger charge is 2.15. The van der Waals surface area contributed by atoms with E-state index in [9.17, 15) is 0 Å². The molecule has 2 rings (SSSR count). The molecule has 1 heterocycles. The van der Waals surface area contributed by atoms with Crippen LogP contribution in [0.3, 0.4) is 0 Å². The maximum absolute atomic E-state index is 5.37. The number of aryl methyl sites for hydroxylation is 2. The molecule has 5 heteroatoms. The normalized spacial score (nSPS) is 10.8. The van der Waals surface area contributed by atoms with E-state index in [1.165, 1.54) is 0 Å². The number of imidazole rings is 1. The quantitative estimate of drug-likeness (QED) is 0.814. The molecule has 0 unspecified atom stereocenters. The van der Waals surface area contributed by atoms with Crippen LogP contribution in [0.1, 0.15) is 5.82 Å². The molecule has 0 aliphatic heterocycles. The lowest BCUT2D eigenvalue weighted by Crippen LogP contribution is -1.99. The third-order valence-electron chi connectivity index (χ3n) is 2.80. The molecule has 0 radical (unpaired) electrons. The summed E-state index contributed by atoms with van der Waals surface area (Å²) >= 11 is 3.43. The molecule has 1 aromatic carbocycles. The summed E-state index contributed by atoms with van der Waals surface area (Å²) in [7, 11) is 5.31. The minimum atomic E-state index is 0.775. The van der Waals surface area contributed by atoms with Crippen LogP contribution in [0.5, 0.6) is 11.5 Å². The number of halogens is 1. The Morgan fingerprint density at radius 1 is 1.24 bits per heavy atom. The van der Waals surface area contributed by atoms with Crippen molar-refractivity contribution in [3.05, 3.63) is 18.0 Å². The van der Waals surface area contributed by atoms with Gasteiger partial charge in [-0.15, -0.1) is 0 Å². The van der Waals surface area contributed by atoms with Gasteiger partial charge in [0.15, 0.2) is 0 Å². The fraction of sp³-hybridized carbons (Fsp3) is 0.417. The minimum Gasteiger partial charge on any atom is -0.494 e. The molecule has 0 bridgehead atoms. The van der Waals surface area contributed by atoms with Crippen LogP contribution in [-0.2, 0) is 13.5 Å². The molecule has 0 amide bonds. The number of hydrogen-bond donors (Lipinski definition) is 0. The van der Waals surface area contributed by atoms with Gasteiger partial charge in [0.05, 0.1) is 14.2 Å². The number of nitrogens with zero attached hydrogens (tertiary/aromatic N) is 2. The van der Waals surface area contributed by atoms with Gasteiger partial charge < -0.3 is 14.0 Å². The Hall–Kier alpha value is -1.23. The second-order valence-electron chi connectivity index (χ2n) is 3.69. The highest BCUT2D eigenvalue weighted by Crippen LogP contribution is 2.32. The van der Waals surface area contributed by atoms with Crippen LogP contribution in [0.15, 0.2) is 12.1 Å². The zero-order chi connectivity index (χ0) is 12.4. The van der Waals surface area contributed by atoms with Crippen molar-refractivity contribution in [1.82, 2.24) is 9.55 Å². The fourth-order valence-electron chi connectivity index (χ4n) is 1.95. The second-order valence-corrected chi connectivity index (χ2v) is 4.49. The van der Waals surface area contributed by atoms with Crippen LogP contribution in [0.4, 0.5) is 0 Å². The third kappa shape index (κ3) is 1.99. The summed E-state index contributed by atoms with van der Waals surface area (Å²) in [6, 6.07) is 3.78. The first-order chi connectivity index (χ1) is 8.22. The van der Waals surface area contributed by atoms with Gasteiger partial charge in [0.1, 0.15) is 28.4 Å². The van der Waals surface area contributed by atoms with Gasteiger partial charge in [0.2, 0.25) is 0 Å². The number of ether oxygens (including phenoxy) is 2. The Kier molecular flexibility index (Phi) is 3.57. The lowest BCUT2D eigenvalue weighted by Gasteiger charge is -2.07. The summed E-state index contributed by atoms with van der Waals surface area (Å²) in [5, 5.41) is 0.884. The number of aromatic nitrogens is 2. The molecule has 0 saturated heterocycles. The monoisotopic (exact) mass is 298 g/mol. The van der Waals surface area contributed by atoms with Gasteiger partial charge >= 0.3 is 0 Å². The van der Waals surface area contributed by atoms with Crippen molar-refractivity contribution in [2.24, 2.45) is 7.05 Å². The van der Waals surface area contributed by atoms with Gasteiger partial charge in [0, 0.05) is 18.8 Å². The van der Waals surface area contributed by atoms with E-state index in [2.05, 4.69) is 25.5 Å². The number of hydrogen-bond acceptors (Lipinski definition) is 3. The van der Waals surface area contributed by atoms with Crippen LogP contribution in [-0.4, -0.2) is 29.1 Å². The van der Waals surface area contributed by atoms with E-state index in [-0.39, 0.29) is 0 Å². The van der Waals surface area contributed by atoms with Crippen molar-refractivity contribution >= 4 is 27.0 Å². The molecule has 0 N–H and O–H groups in total. The first-order valence-corrected chi connectivity index (χ1v) is 6.47. The summed E-state index contributed by atoms with van der Waals surface area (Å²) in [6.45, 7) is 0. The summed E-state index contributed by atoms with van der Waals surface area (Å²) in [5.74, 6) is 2.61.